The molecule has 0 saturated carbocycles. The van der Waals surface area contributed by atoms with Gasteiger partial charge in [-0.1, -0.05) is 133 Å². The third kappa shape index (κ3) is 24.2. The Bertz CT molecular complexity index is 936. The van der Waals surface area contributed by atoms with Crippen LogP contribution in [0.1, 0.15) is 155 Å². The molecule has 1 rings (SSSR count). The Hall–Kier alpha value is -1.85. The van der Waals surface area contributed by atoms with Crippen LogP contribution in [0.25, 0.3) is 0 Å². The Kier molecular flexibility index (Phi) is 30.3. The number of aliphatic hydroxyl groups excluding tert-OH is 5. The molecule has 1 fully saturated rings. The Balaban J connectivity index is 2.42. The van der Waals surface area contributed by atoms with Gasteiger partial charge in [0, 0.05) is 6.42 Å². The van der Waals surface area contributed by atoms with Gasteiger partial charge < -0.3 is 40.3 Å². The van der Waals surface area contributed by atoms with Crippen molar-refractivity contribution in [3.63, 3.8) is 0 Å². The molecule has 0 bridgehead atoms. The van der Waals surface area contributed by atoms with Gasteiger partial charge in [-0.2, -0.15) is 0 Å². The van der Waals surface area contributed by atoms with Crippen molar-refractivity contribution in [3.05, 3.63) is 48.6 Å². The molecule has 7 atom stereocenters. The average molecular weight is 722 g/mol. The van der Waals surface area contributed by atoms with Gasteiger partial charge in [-0.05, 0) is 64.2 Å². The van der Waals surface area contributed by atoms with E-state index in [9.17, 15) is 30.3 Å². The van der Waals surface area contributed by atoms with Gasteiger partial charge in [-0.3, -0.25) is 4.79 Å². The Morgan fingerprint density at radius 2 is 1.16 bits per heavy atom. The molecule has 0 aromatic rings. The molecule has 6 N–H and O–H groups in total. The zero-order valence-corrected chi connectivity index (χ0v) is 32.1. The maximum atomic E-state index is 12.9. The second-order valence-corrected chi connectivity index (χ2v) is 14.1. The van der Waals surface area contributed by atoms with Gasteiger partial charge >= 0.3 is 0 Å². The number of allylic oxidation sites excluding steroid dienone is 7. The number of unbranched alkanes of at least 4 members (excludes halogenated alkanes) is 16. The minimum Gasteiger partial charge on any atom is -0.394 e. The minimum absolute atomic E-state index is 0.200. The summed E-state index contributed by atoms with van der Waals surface area (Å²) in [6.07, 6.45) is 33.0. The standard InChI is InChI=1S/C42H75NO8/c1-3-5-7-9-11-13-15-16-17-18-19-20-22-24-26-28-30-32-38(46)43-35(34-50-42-41(49)40(48)39(47)37(33-44)51-42)36(45)31-29-27-25-23-21-14-12-10-8-6-4-2/h8,10,16-17,21,23,29,31,35-37,39-42,44-45,47-49H,3-7,9,11-15,18-20,22,24-28,30,32-34H2,1-2H3,(H,43,46)/b10-8+,17-16-,23-21+,31-29+. The lowest BCUT2D eigenvalue weighted by Gasteiger charge is -2.40. The first-order valence-corrected chi connectivity index (χ1v) is 20.4. The molecule has 1 aliphatic heterocycles. The van der Waals surface area contributed by atoms with Crippen molar-refractivity contribution in [1.29, 1.82) is 0 Å². The summed E-state index contributed by atoms with van der Waals surface area (Å²) in [6.45, 7) is 3.64. The maximum Gasteiger partial charge on any atom is 0.220 e. The van der Waals surface area contributed by atoms with Crippen LogP contribution in [-0.4, -0.2) is 87.5 Å². The van der Waals surface area contributed by atoms with E-state index in [4.69, 9.17) is 9.47 Å². The van der Waals surface area contributed by atoms with Crippen molar-refractivity contribution in [1.82, 2.24) is 5.32 Å². The summed E-state index contributed by atoms with van der Waals surface area (Å²) in [5.74, 6) is -0.200. The second-order valence-electron chi connectivity index (χ2n) is 14.1. The van der Waals surface area contributed by atoms with Crippen molar-refractivity contribution in [2.24, 2.45) is 0 Å². The number of carbonyl (C=O) groups is 1. The van der Waals surface area contributed by atoms with E-state index < -0.39 is 49.5 Å². The topological polar surface area (TPSA) is 149 Å². The summed E-state index contributed by atoms with van der Waals surface area (Å²) < 4.78 is 11.1. The van der Waals surface area contributed by atoms with Gasteiger partial charge in [0.15, 0.2) is 6.29 Å². The molecule has 0 aromatic heterocycles. The monoisotopic (exact) mass is 722 g/mol. The van der Waals surface area contributed by atoms with Crippen LogP contribution >= 0.6 is 0 Å². The third-order valence-electron chi connectivity index (χ3n) is 9.33. The molecule has 1 saturated heterocycles. The molecule has 9 nitrogen and oxygen atoms in total. The molecule has 1 heterocycles. The van der Waals surface area contributed by atoms with Crippen molar-refractivity contribution in [2.45, 2.75) is 198 Å². The maximum absolute atomic E-state index is 12.9. The van der Waals surface area contributed by atoms with E-state index in [-0.39, 0.29) is 12.5 Å². The van der Waals surface area contributed by atoms with E-state index in [2.05, 4.69) is 55.6 Å². The van der Waals surface area contributed by atoms with Gasteiger partial charge in [-0.25, -0.2) is 0 Å². The molecule has 51 heavy (non-hydrogen) atoms. The number of hydrogen-bond acceptors (Lipinski definition) is 8. The zero-order chi connectivity index (χ0) is 37.4. The highest BCUT2D eigenvalue weighted by Crippen LogP contribution is 2.22. The van der Waals surface area contributed by atoms with Crippen molar-refractivity contribution in [2.75, 3.05) is 13.2 Å². The summed E-state index contributed by atoms with van der Waals surface area (Å²) >= 11 is 0. The van der Waals surface area contributed by atoms with E-state index in [0.717, 1.165) is 70.6 Å². The molecule has 1 aliphatic rings. The molecule has 0 aromatic carbocycles. The van der Waals surface area contributed by atoms with E-state index in [1.807, 2.05) is 6.08 Å². The molecular weight excluding hydrogens is 646 g/mol. The SMILES string of the molecule is CCC/C=C/CC/C=C/CC/C=C/C(O)C(COC1OC(CO)C(O)C(O)C1O)NC(=O)CCCCCCCCC/C=C\CCCCCCCC. The molecule has 9 heteroatoms. The molecule has 7 unspecified atom stereocenters. The first-order chi connectivity index (χ1) is 24.8. The highest BCUT2D eigenvalue weighted by atomic mass is 16.7. The van der Waals surface area contributed by atoms with Gasteiger partial charge in [-0.15, -0.1) is 0 Å². The smallest absolute Gasteiger partial charge is 0.220 e. The summed E-state index contributed by atoms with van der Waals surface area (Å²) in [4.78, 5) is 12.9. The van der Waals surface area contributed by atoms with Gasteiger partial charge in [0.05, 0.1) is 25.4 Å². The summed E-state index contributed by atoms with van der Waals surface area (Å²) in [5, 5.41) is 53.9. The first-order valence-electron chi connectivity index (χ1n) is 20.4. The third-order valence-corrected chi connectivity index (χ3v) is 9.33. The van der Waals surface area contributed by atoms with Gasteiger partial charge in [0.2, 0.25) is 5.91 Å². The number of ether oxygens (including phenoxy) is 2. The van der Waals surface area contributed by atoms with Crippen LogP contribution in [0.5, 0.6) is 0 Å². The summed E-state index contributed by atoms with van der Waals surface area (Å²) in [5.41, 5.74) is 0. The van der Waals surface area contributed by atoms with Crippen LogP contribution in [-0.2, 0) is 14.3 Å². The van der Waals surface area contributed by atoms with Crippen LogP contribution < -0.4 is 5.32 Å². The molecule has 0 spiro atoms. The lowest BCUT2D eigenvalue weighted by molar-refractivity contribution is -0.302. The van der Waals surface area contributed by atoms with Crippen LogP contribution in [0.4, 0.5) is 0 Å². The summed E-state index contributed by atoms with van der Waals surface area (Å²) in [6, 6.07) is -0.827. The number of aliphatic hydroxyl groups is 5. The molecule has 1 amide bonds. The molecule has 296 valence electrons. The lowest BCUT2D eigenvalue weighted by atomic mass is 9.99. The highest BCUT2D eigenvalue weighted by molar-refractivity contribution is 5.76. The van der Waals surface area contributed by atoms with Crippen LogP contribution in [0, 0.1) is 0 Å². The minimum atomic E-state index is -1.57. The zero-order valence-electron chi connectivity index (χ0n) is 32.1. The Labute approximate surface area is 310 Å². The largest absolute Gasteiger partial charge is 0.394 e. The fraction of sp³-hybridized carbons (Fsp3) is 0.786. The number of amides is 1. The van der Waals surface area contributed by atoms with E-state index in [1.165, 1.54) is 64.2 Å². The number of rotatable bonds is 32. The second kappa shape index (κ2) is 32.8. The fourth-order valence-electron chi connectivity index (χ4n) is 6.01. The van der Waals surface area contributed by atoms with Gasteiger partial charge in [0.25, 0.3) is 0 Å². The normalized spacial score (nSPS) is 22.5. The fourth-order valence-corrected chi connectivity index (χ4v) is 6.01. The Morgan fingerprint density at radius 1 is 0.647 bits per heavy atom. The van der Waals surface area contributed by atoms with Crippen LogP contribution in [0.2, 0.25) is 0 Å². The van der Waals surface area contributed by atoms with Crippen molar-refractivity contribution in [3.8, 4) is 0 Å². The quantitative estimate of drug-likeness (QED) is 0.0309. The Morgan fingerprint density at radius 3 is 1.73 bits per heavy atom. The van der Waals surface area contributed by atoms with E-state index in [1.54, 1.807) is 6.08 Å². The number of hydrogen-bond donors (Lipinski definition) is 6. The summed E-state index contributed by atoms with van der Waals surface area (Å²) in [7, 11) is 0. The van der Waals surface area contributed by atoms with Crippen LogP contribution in [0.3, 0.4) is 0 Å². The molecular formula is C42H75NO8. The number of nitrogens with one attached hydrogen (secondary N) is 1. The lowest BCUT2D eigenvalue weighted by Crippen LogP contribution is -2.60. The van der Waals surface area contributed by atoms with Crippen molar-refractivity contribution >= 4 is 5.91 Å². The molecule has 0 aliphatic carbocycles. The highest BCUT2D eigenvalue weighted by Gasteiger charge is 2.44. The van der Waals surface area contributed by atoms with Crippen LogP contribution in [0.15, 0.2) is 48.6 Å². The molecule has 0 radical (unpaired) electrons. The average Bonchev–Trinajstić information content (AvgIpc) is 3.13. The van der Waals surface area contributed by atoms with E-state index >= 15 is 0 Å². The number of carbonyl (C=O) groups excluding carboxylic acids is 1. The first kappa shape index (κ1) is 47.2. The predicted octanol–water partition coefficient (Wildman–Crippen LogP) is 7.50. The van der Waals surface area contributed by atoms with E-state index in [0.29, 0.717) is 6.42 Å². The predicted molar refractivity (Wildman–Crippen MR) is 207 cm³/mol. The van der Waals surface area contributed by atoms with Crippen molar-refractivity contribution < 1.29 is 39.8 Å². The van der Waals surface area contributed by atoms with Gasteiger partial charge in [0.1, 0.15) is 24.4 Å².